The quantitative estimate of drug-likeness (QED) is 0.735. The molecule has 0 aliphatic carbocycles. The number of hydrogen-bond acceptors (Lipinski definition) is 6. The first-order chi connectivity index (χ1) is 12.2. The van der Waals surface area contributed by atoms with Gasteiger partial charge in [0.15, 0.2) is 17.2 Å². The van der Waals surface area contributed by atoms with Crippen molar-refractivity contribution in [3.8, 4) is 28.9 Å². The molecule has 0 radical (unpaired) electrons. The van der Waals surface area contributed by atoms with E-state index in [4.69, 9.17) is 13.9 Å². The number of hydrogen-bond donors (Lipinski definition) is 1. The summed E-state index contributed by atoms with van der Waals surface area (Å²) in [4.78, 5) is 8.61. The van der Waals surface area contributed by atoms with Gasteiger partial charge in [-0.2, -0.15) is 0 Å². The summed E-state index contributed by atoms with van der Waals surface area (Å²) >= 11 is 0. The molecule has 2 aromatic carbocycles. The van der Waals surface area contributed by atoms with E-state index >= 15 is 0 Å². The van der Waals surface area contributed by atoms with Gasteiger partial charge >= 0.3 is 5.95 Å². The van der Waals surface area contributed by atoms with Crippen molar-refractivity contribution < 1.29 is 19.0 Å². The van der Waals surface area contributed by atoms with Gasteiger partial charge in [-0.15, -0.1) is 0 Å². The van der Waals surface area contributed by atoms with Gasteiger partial charge < -0.3 is 19.0 Å². The van der Waals surface area contributed by atoms with Crippen LogP contribution in [0.4, 0.5) is 5.69 Å². The van der Waals surface area contributed by atoms with E-state index in [-0.39, 0.29) is 11.6 Å². The maximum atomic E-state index is 9.95. The van der Waals surface area contributed by atoms with Crippen LogP contribution >= 0.6 is 0 Å². The van der Waals surface area contributed by atoms with E-state index in [0.717, 1.165) is 11.1 Å². The Morgan fingerprint density at radius 3 is 2.60 bits per heavy atom. The van der Waals surface area contributed by atoms with Crippen molar-refractivity contribution in [2.24, 2.45) is 4.99 Å². The average Bonchev–Trinajstić information content (AvgIpc) is 3.01. The van der Waals surface area contributed by atoms with Crippen molar-refractivity contribution in [3.63, 3.8) is 0 Å². The second kappa shape index (κ2) is 6.32. The van der Waals surface area contributed by atoms with Crippen LogP contribution in [0.15, 0.2) is 51.9 Å². The normalized spacial score (nSPS) is 13.3. The summed E-state index contributed by atoms with van der Waals surface area (Å²) in [6.07, 6.45) is 1.46. The van der Waals surface area contributed by atoms with Crippen molar-refractivity contribution in [2.45, 2.75) is 6.92 Å². The fourth-order valence-electron chi connectivity index (χ4n) is 2.48. The number of aromatic nitrogens is 1. The lowest BCUT2D eigenvalue weighted by Crippen LogP contribution is -2.14. The first kappa shape index (κ1) is 15.3. The molecular formula is C19H16N2O4. The number of oxazole rings is 1. The number of fused-ring (bicyclic) bond motifs is 1. The van der Waals surface area contributed by atoms with E-state index in [0.29, 0.717) is 36.3 Å². The molecular weight excluding hydrogens is 320 g/mol. The van der Waals surface area contributed by atoms with Crippen LogP contribution in [0.3, 0.4) is 0 Å². The van der Waals surface area contributed by atoms with Gasteiger partial charge in [-0.1, -0.05) is 17.7 Å². The minimum atomic E-state index is -0.267. The highest BCUT2D eigenvalue weighted by Crippen LogP contribution is 2.34. The van der Waals surface area contributed by atoms with Crippen molar-refractivity contribution in [3.05, 3.63) is 53.7 Å². The largest absolute Gasteiger partial charge is 0.486 e. The van der Waals surface area contributed by atoms with Crippen molar-refractivity contribution in [1.82, 2.24) is 4.98 Å². The molecule has 1 aliphatic heterocycles. The molecule has 0 amide bonds. The van der Waals surface area contributed by atoms with Crippen molar-refractivity contribution in [1.29, 1.82) is 0 Å². The molecule has 126 valence electrons. The van der Waals surface area contributed by atoms with Crippen LogP contribution in [0, 0.1) is 6.92 Å². The molecule has 6 heteroatoms. The number of ether oxygens (including phenoxy) is 2. The maximum Gasteiger partial charge on any atom is 0.312 e. The standard InChI is InChI=1S/C19H16N2O4/c1-12-2-4-13(5-3-12)18-21-15(19(22)25-18)11-20-14-6-7-16-17(10-14)24-9-8-23-16/h2-7,10-11,22H,8-9H2,1H3. The molecule has 1 aromatic heterocycles. The van der Waals surface area contributed by atoms with E-state index in [1.54, 1.807) is 6.07 Å². The van der Waals surface area contributed by atoms with E-state index < -0.39 is 0 Å². The highest BCUT2D eigenvalue weighted by molar-refractivity contribution is 5.83. The zero-order valence-corrected chi connectivity index (χ0v) is 13.6. The number of aromatic hydroxyl groups is 1. The lowest BCUT2D eigenvalue weighted by molar-refractivity contribution is 0.171. The Balaban J connectivity index is 1.58. The summed E-state index contributed by atoms with van der Waals surface area (Å²) in [5.41, 5.74) is 2.87. The maximum absolute atomic E-state index is 9.95. The van der Waals surface area contributed by atoms with Gasteiger partial charge in [-0.05, 0) is 31.2 Å². The van der Waals surface area contributed by atoms with E-state index in [1.165, 1.54) is 6.21 Å². The van der Waals surface area contributed by atoms with Gasteiger partial charge in [-0.25, -0.2) is 4.98 Å². The molecule has 2 heterocycles. The van der Waals surface area contributed by atoms with Gasteiger partial charge in [0.05, 0.1) is 11.9 Å². The van der Waals surface area contributed by atoms with Crippen LogP contribution < -0.4 is 9.47 Å². The monoisotopic (exact) mass is 336 g/mol. The Labute approximate surface area is 144 Å². The lowest BCUT2D eigenvalue weighted by atomic mass is 10.1. The van der Waals surface area contributed by atoms with Crippen molar-refractivity contribution in [2.75, 3.05) is 13.2 Å². The van der Waals surface area contributed by atoms with Crippen molar-refractivity contribution >= 4 is 11.9 Å². The molecule has 3 aromatic rings. The number of aliphatic imine (C=N–C) groups is 1. The summed E-state index contributed by atoms with van der Waals surface area (Å²) < 4.78 is 16.3. The van der Waals surface area contributed by atoms with Crippen LogP contribution in [-0.4, -0.2) is 29.5 Å². The van der Waals surface area contributed by atoms with Crippen LogP contribution in [-0.2, 0) is 0 Å². The van der Waals surface area contributed by atoms with E-state index in [9.17, 15) is 5.11 Å². The molecule has 25 heavy (non-hydrogen) atoms. The Hall–Kier alpha value is -3.28. The molecule has 0 bridgehead atoms. The smallest absolute Gasteiger partial charge is 0.312 e. The van der Waals surface area contributed by atoms with Gasteiger partial charge in [0.1, 0.15) is 13.2 Å². The summed E-state index contributed by atoms with van der Waals surface area (Å²) in [5.74, 6) is 1.44. The van der Waals surface area contributed by atoms with E-state index in [2.05, 4.69) is 9.98 Å². The molecule has 1 N–H and O–H groups in total. The van der Waals surface area contributed by atoms with E-state index in [1.807, 2.05) is 43.3 Å². The third-order valence-electron chi connectivity index (χ3n) is 3.79. The molecule has 0 fully saturated rings. The summed E-state index contributed by atoms with van der Waals surface area (Å²) in [7, 11) is 0. The van der Waals surface area contributed by atoms with Crippen LogP contribution in [0.5, 0.6) is 17.4 Å². The topological polar surface area (TPSA) is 77.1 Å². The predicted molar refractivity (Wildman–Crippen MR) is 93.0 cm³/mol. The van der Waals surface area contributed by atoms with Gasteiger partial charge in [0, 0.05) is 11.6 Å². The van der Waals surface area contributed by atoms with Crippen LogP contribution in [0.1, 0.15) is 11.3 Å². The fourth-order valence-corrected chi connectivity index (χ4v) is 2.48. The number of aryl methyl sites for hydroxylation is 1. The minimum Gasteiger partial charge on any atom is -0.486 e. The molecule has 0 saturated heterocycles. The second-order valence-electron chi connectivity index (χ2n) is 5.66. The lowest BCUT2D eigenvalue weighted by Gasteiger charge is -2.18. The number of benzene rings is 2. The third-order valence-corrected chi connectivity index (χ3v) is 3.79. The Morgan fingerprint density at radius 2 is 1.80 bits per heavy atom. The zero-order valence-electron chi connectivity index (χ0n) is 13.6. The highest BCUT2D eigenvalue weighted by Gasteiger charge is 2.13. The average molecular weight is 336 g/mol. The first-order valence-corrected chi connectivity index (χ1v) is 7.89. The first-order valence-electron chi connectivity index (χ1n) is 7.89. The minimum absolute atomic E-state index is 0.267. The molecule has 4 rings (SSSR count). The third kappa shape index (κ3) is 3.19. The summed E-state index contributed by atoms with van der Waals surface area (Å²) in [5, 5.41) is 9.95. The van der Waals surface area contributed by atoms with Crippen LogP contribution in [0.25, 0.3) is 11.5 Å². The summed E-state index contributed by atoms with van der Waals surface area (Å²) in [6, 6.07) is 13.1. The molecule has 0 spiro atoms. The fraction of sp³-hybridized carbons (Fsp3) is 0.158. The predicted octanol–water partition coefficient (Wildman–Crippen LogP) is 3.88. The Bertz CT molecular complexity index is 929. The summed E-state index contributed by atoms with van der Waals surface area (Å²) in [6.45, 7) is 3.07. The SMILES string of the molecule is Cc1ccc(-c2nc(C=Nc3ccc4c(c3)OCCO4)c(O)o2)cc1. The van der Waals surface area contributed by atoms with Gasteiger partial charge in [0.2, 0.25) is 5.89 Å². The van der Waals surface area contributed by atoms with Gasteiger partial charge in [0.25, 0.3) is 0 Å². The Kier molecular flexibility index (Phi) is 3.85. The molecule has 1 aliphatic rings. The number of nitrogens with zero attached hydrogens (tertiary/aromatic N) is 2. The molecule has 0 unspecified atom stereocenters. The number of rotatable bonds is 3. The second-order valence-corrected chi connectivity index (χ2v) is 5.66. The zero-order chi connectivity index (χ0) is 17.2. The molecule has 6 nitrogen and oxygen atoms in total. The Morgan fingerprint density at radius 1 is 1.04 bits per heavy atom. The molecule has 0 saturated carbocycles. The molecule has 0 atom stereocenters. The highest BCUT2D eigenvalue weighted by atomic mass is 16.6. The van der Waals surface area contributed by atoms with Crippen LogP contribution in [0.2, 0.25) is 0 Å². The van der Waals surface area contributed by atoms with Gasteiger partial charge in [-0.3, -0.25) is 4.99 Å².